The van der Waals surface area contributed by atoms with E-state index < -0.39 is 21.1 Å². The third-order valence-corrected chi connectivity index (χ3v) is 13.0. The maximum absolute atomic E-state index is 6.17. The van der Waals surface area contributed by atoms with Crippen molar-refractivity contribution in [2.75, 3.05) is 0 Å². The Labute approximate surface area is 363 Å². The second kappa shape index (κ2) is 15.8. The molecule has 0 spiro atoms. The normalized spacial score (nSPS) is 20.6. The lowest BCUT2D eigenvalue weighted by molar-refractivity contribution is 0.00578. The fraction of sp³-hybridized carbons (Fsp3) is 0.455. The van der Waals surface area contributed by atoms with Gasteiger partial charge in [-0.3, -0.25) is 8.80 Å². The van der Waals surface area contributed by atoms with Gasteiger partial charge in [0.15, 0.2) is 11.6 Å². The Hall–Kier alpha value is -3.89. The number of fused-ring (bicyclic) bond motifs is 2. The molecular formula is C44H56B3BrN6O6. The van der Waals surface area contributed by atoms with Crippen LogP contribution < -0.4 is 5.46 Å². The number of nitrogens with zero attached hydrogens (tertiary/aromatic N) is 6. The van der Waals surface area contributed by atoms with E-state index in [4.69, 9.17) is 27.9 Å². The van der Waals surface area contributed by atoms with Gasteiger partial charge < -0.3 is 27.9 Å². The zero-order valence-electron chi connectivity index (χ0n) is 37.3. The van der Waals surface area contributed by atoms with E-state index in [2.05, 4.69) is 63.6 Å². The first-order valence-electron chi connectivity index (χ1n) is 20.4. The zero-order chi connectivity index (χ0) is 43.6. The topological polar surface area (TPSA) is 116 Å². The van der Waals surface area contributed by atoms with Crippen molar-refractivity contribution in [2.45, 2.75) is 131 Å². The summed E-state index contributed by atoms with van der Waals surface area (Å²) in [5.41, 5.74) is 4.60. The first-order chi connectivity index (χ1) is 27.9. The molecule has 6 aromatic heterocycles. The number of rotatable bonds is 4. The second-order valence-electron chi connectivity index (χ2n) is 18.7. The minimum absolute atomic E-state index is 0.359. The van der Waals surface area contributed by atoms with Crippen molar-refractivity contribution in [3.8, 4) is 23.0 Å². The molecule has 3 aliphatic heterocycles. The van der Waals surface area contributed by atoms with Gasteiger partial charge in [0.25, 0.3) is 0 Å². The summed E-state index contributed by atoms with van der Waals surface area (Å²) in [6.07, 6.45) is 7.74. The third-order valence-electron chi connectivity index (χ3n) is 12.6. The van der Waals surface area contributed by atoms with Crippen molar-refractivity contribution in [3.05, 3.63) is 101 Å². The van der Waals surface area contributed by atoms with Crippen LogP contribution in [0.4, 0.5) is 0 Å². The molecule has 9 rings (SSSR count). The lowest BCUT2D eigenvalue weighted by Gasteiger charge is -2.32. The van der Waals surface area contributed by atoms with Crippen molar-refractivity contribution in [3.63, 3.8) is 0 Å². The smallest absolute Gasteiger partial charge is 0.405 e. The largest absolute Gasteiger partial charge is 0.496 e. The molecule has 60 heavy (non-hydrogen) atoms. The molecular weight excluding hydrogens is 821 g/mol. The van der Waals surface area contributed by atoms with Crippen LogP contribution in [0.3, 0.4) is 0 Å². The van der Waals surface area contributed by atoms with Crippen molar-refractivity contribution < 1.29 is 27.9 Å². The van der Waals surface area contributed by atoms with Crippen LogP contribution >= 0.6 is 15.9 Å². The van der Waals surface area contributed by atoms with E-state index in [9.17, 15) is 0 Å². The van der Waals surface area contributed by atoms with Gasteiger partial charge in [-0.25, -0.2) is 19.9 Å². The van der Waals surface area contributed by atoms with E-state index in [-0.39, 0.29) is 33.6 Å². The fourth-order valence-corrected chi connectivity index (χ4v) is 7.14. The SMILES string of the molecule is CC1(C)OB(B2OC(C)(C)C(C)(C)O2)OC1(C)C.Cc1cccc(-c2ncc3ccc(B4OC(C)(C)C(C)(C)O4)cn23)n1.Cc1cccc(-c2ncc3ccc(Br)cn23)n1. The minimum Gasteiger partial charge on any atom is -0.405 e. The van der Waals surface area contributed by atoms with Gasteiger partial charge in [0.1, 0.15) is 11.4 Å². The van der Waals surface area contributed by atoms with Crippen LogP contribution in [0, 0.1) is 13.8 Å². The fourth-order valence-electron chi connectivity index (χ4n) is 6.80. The summed E-state index contributed by atoms with van der Waals surface area (Å²) in [4.78, 5) is 18.1. The zero-order valence-corrected chi connectivity index (χ0v) is 38.9. The Morgan fingerprint density at radius 1 is 0.483 bits per heavy atom. The predicted molar refractivity (Wildman–Crippen MR) is 242 cm³/mol. The molecule has 0 atom stereocenters. The van der Waals surface area contributed by atoms with Crippen molar-refractivity contribution >= 4 is 53.6 Å². The predicted octanol–water partition coefficient (Wildman–Crippen LogP) is 8.72. The molecule has 0 radical (unpaired) electrons. The van der Waals surface area contributed by atoms with Crippen LogP contribution in [-0.2, 0) is 27.9 Å². The first kappa shape index (κ1) is 44.2. The number of halogens is 1. The average Bonchev–Trinajstić information content (AvgIpc) is 3.91. The van der Waals surface area contributed by atoms with E-state index in [1.54, 1.807) is 0 Å². The number of aromatic nitrogens is 6. The van der Waals surface area contributed by atoms with Gasteiger partial charge in [0.2, 0.25) is 0 Å². The quantitative estimate of drug-likeness (QED) is 0.159. The molecule has 0 unspecified atom stereocenters. The van der Waals surface area contributed by atoms with Crippen LogP contribution in [0.1, 0.15) is 94.5 Å². The highest BCUT2D eigenvalue weighted by Crippen LogP contribution is 2.43. The number of hydrogen-bond acceptors (Lipinski definition) is 10. The van der Waals surface area contributed by atoms with Gasteiger partial charge in [0.05, 0.1) is 57.0 Å². The molecule has 12 nitrogen and oxygen atoms in total. The maximum Gasteiger partial charge on any atom is 0.496 e. The summed E-state index contributed by atoms with van der Waals surface area (Å²) in [7, 11) is -1.35. The van der Waals surface area contributed by atoms with Gasteiger partial charge in [-0.2, -0.15) is 0 Å². The van der Waals surface area contributed by atoms with Gasteiger partial charge >= 0.3 is 21.1 Å². The van der Waals surface area contributed by atoms with E-state index in [1.165, 1.54) is 0 Å². The van der Waals surface area contributed by atoms with Crippen molar-refractivity contribution in [1.82, 2.24) is 28.7 Å². The molecule has 3 aliphatic rings. The highest BCUT2D eigenvalue weighted by atomic mass is 79.9. The van der Waals surface area contributed by atoms with Crippen LogP contribution in [0.5, 0.6) is 0 Å². The average molecular weight is 877 g/mol. The monoisotopic (exact) mass is 876 g/mol. The van der Waals surface area contributed by atoms with Gasteiger partial charge in [-0.05, 0) is 161 Å². The lowest BCUT2D eigenvalue weighted by Crippen LogP contribution is -2.41. The molecule has 0 bridgehead atoms. The summed E-state index contributed by atoms with van der Waals surface area (Å²) in [6, 6.07) is 20.0. The highest BCUT2D eigenvalue weighted by Gasteiger charge is 2.63. The van der Waals surface area contributed by atoms with E-state index >= 15 is 0 Å². The Morgan fingerprint density at radius 3 is 1.28 bits per heavy atom. The van der Waals surface area contributed by atoms with Gasteiger partial charge in [-0.1, -0.05) is 18.2 Å². The number of imidazole rings is 2. The Morgan fingerprint density at radius 2 is 0.867 bits per heavy atom. The summed E-state index contributed by atoms with van der Waals surface area (Å²) >= 11 is 3.47. The van der Waals surface area contributed by atoms with Gasteiger partial charge in [0, 0.05) is 28.3 Å². The van der Waals surface area contributed by atoms with E-state index in [1.807, 2.05) is 163 Å². The van der Waals surface area contributed by atoms with Crippen LogP contribution in [0.25, 0.3) is 34.1 Å². The summed E-state index contributed by atoms with van der Waals surface area (Å²) in [5, 5.41) is 0. The summed E-state index contributed by atoms with van der Waals surface area (Å²) in [6.45, 7) is 28.4. The van der Waals surface area contributed by atoms with Crippen LogP contribution in [0.2, 0.25) is 0 Å². The van der Waals surface area contributed by atoms with Crippen molar-refractivity contribution in [2.24, 2.45) is 0 Å². The van der Waals surface area contributed by atoms with Crippen LogP contribution in [-0.4, -0.2) is 83.5 Å². The first-order valence-corrected chi connectivity index (χ1v) is 21.2. The second-order valence-corrected chi connectivity index (χ2v) is 19.6. The molecule has 314 valence electrons. The summed E-state index contributed by atoms with van der Waals surface area (Å²) in [5.74, 6) is 1.68. The molecule has 3 saturated heterocycles. The Bertz CT molecular complexity index is 2440. The molecule has 6 aromatic rings. The molecule has 0 saturated carbocycles. The summed E-state index contributed by atoms with van der Waals surface area (Å²) < 4.78 is 41.3. The lowest BCUT2D eigenvalue weighted by atomic mass is 9.49. The number of pyridine rings is 4. The molecule has 9 heterocycles. The molecule has 0 amide bonds. The molecule has 0 N–H and O–H groups in total. The Balaban J connectivity index is 0.000000140. The number of aryl methyl sites for hydroxylation is 2. The van der Waals surface area contributed by atoms with Crippen LogP contribution in [0.15, 0.2) is 89.9 Å². The van der Waals surface area contributed by atoms with Crippen molar-refractivity contribution in [1.29, 1.82) is 0 Å². The van der Waals surface area contributed by atoms with Gasteiger partial charge in [-0.15, -0.1) is 0 Å². The third kappa shape index (κ3) is 8.62. The minimum atomic E-state index is -0.476. The molecule has 3 fully saturated rings. The van der Waals surface area contributed by atoms with E-state index in [0.717, 1.165) is 55.4 Å². The highest BCUT2D eigenvalue weighted by molar-refractivity contribution is 9.10. The standard InChI is InChI=1S/C19H22BN3O2.C13H10BrN3.C12H24B2O4/c1-13-7-6-8-16(22-13)17-21-11-15-10-9-14(12-23(15)17)20-24-18(2,3)19(4,5)25-20;1-9-3-2-4-12(16-9)13-15-7-11-6-5-10(14)8-17(11)13;1-9(2)10(3,4)16-13(15-9)14-17-11(5,6)12(7,8)18-14/h6-12H,1-5H3;2-8H,1H3;1-8H3. The molecule has 0 aliphatic carbocycles. The maximum atomic E-state index is 6.17. The molecule has 0 aromatic carbocycles. The number of hydrogen-bond donors (Lipinski definition) is 0. The molecule has 16 heteroatoms. The Kier molecular flexibility index (Phi) is 11.6. The van der Waals surface area contributed by atoms with E-state index in [0.29, 0.717) is 0 Å².